The van der Waals surface area contributed by atoms with Crippen molar-refractivity contribution >= 4 is 11.7 Å². The second-order valence-electron chi connectivity index (χ2n) is 7.85. The maximum absolute atomic E-state index is 13.2. The van der Waals surface area contributed by atoms with Crippen LogP contribution in [0.4, 0.5) is 5.82 Å². The number of hydrogen-bond donors (Lipinski definition) is 0. The van der Waals surface area contributed by atoms with Gasteiger partial charge in [0.25, 0.3) is 0 Å². The van der Waals surface area contributed by atoms with Gasteiger partial charge in [-0.3, -0.25) is 9.78 Å². The molecule has 1 aliphatic heterocycles. The van der Waals surface area contributed by atoms with E-state index in [0.29, 0.717) is 11.8 Å². The van der Waals surface area contributed by atoms with Gasteiger partial charge in [0, 0.05) is 43.5 Å². The average molecular weight is 314 g/mol. The van der Waals surface area contributed by atoms with Gasteiger partial charge in [0.2, 0.25) is 5.91 Å². The van der Waals surface area contributed by atoms with E-state index in [-0.39, 0.29) is 11.5 Å². The topological polar surface area (TPSA) is 49.3 Å². The maximum Gasteiger partial charge on any atom is 0.228 e. The Balaban J connectivity index is 1.45. The van der Waals surface area contributed by atoms with Gasteiger partial charge in [-0.2, -0.15) is 0 Å². The summed E-state index contributed by atoms with van der Waals surface area (Å²) >= 11 is 0. The van der Waals surface area contributed by atoms with Crippen LogP contribution in [0.1, 0.15) is 39.5 Å². The third-order valence-electron chi connectivity index (χ3n) is 6.40. The number of piperazine rings is 1. The highest BCUT2D eigenvalue weighted by Crippen LogP contribution is 2.56. The number of hydrogen-bond acceptors (Lipinski definition) is 4. The molecule has 0 radical (unpaired) electrons. The number of rotatable bonds is 2. The monoisotopic (exact) mass is 314 g/mol. The minimum absolute atomic E-state index is 0.0998. The Labute approximate surface area is 138 Å². The molecular formula is C18H26N4O. The lowest BCUT2D eigenvalue weighted by Crippen LogP contribution is -2.57. The first-order chi connectivity index (χ1) is 11.1. The van der Waals surface area contributed by atoms with Crippen LogP contribution in [0.5, 0.6) is 0 Å². The van der Waals surface area contributed by atoms with E-state index in [0.717, 1.165) is 37.8 Å². The van der Waals surface area contributed by atoms with Crippen LogP contribution in [0.25, 0.3) is 0 Å². The molecule has 0 N–H and O–H groups in total. The Morgan fingerprint density at radius 3 is 2.78 bits per heavy atom. The number of anilines is 1. The molecule has 124 valence electrons. The average Bonchev–Trinajstić information content (AvgIpc) is 3.16. The van der Waals surface area contributed by atoms with Gasteiger partial charge in [-0.15, -0.1) is 0 Å². The highest BCUT2D eigenvalue weighted by atomic mass is 16.2. The van der Waals surface area contributed by atoms with Crippen molar-refractivity contribution in [3.63, 3.8) is 0 Å². The Bertz CT molecular complexity index is 592. The summed E-state index contributed by atoms with van der Waals surface area (Å²) in [5, 5.41) is 0. The zero-order chi connectivity index (χ0) is 16.0. The third kappa shape index (κ3) is 2.41. The largest absolute Gasteiger partial charge is 0.349 e. The van der Waals surface area contributed by atoms with E-state index in [1.807, 2.05) is 6.20 Å². The molecule has 2 aliphatic carbocycles. The summed E-state index contributed by atoms with van der Waals surface area (Å²) in [6, 6.07) is 0.284. The Morgan fingerprint density at radius 2 is 2.17 bits per heavy atom. The van der Waals surface area contributed by atoms with Gasteiger partial charge in [0.1, 0.15) is 5.82 Å². The van der Waals surface area contributed by atoms with Crippen LogP contribution >= 0.6 is 0 Å². The lowest BCUT2D eigenvalue weighted by Gasteiger charge is -2.44. The number of aromatic nitrogens is 2. The van der Waals surface area contributed by atoms with Gasteiger partial charge in [0.15, 0.2) is 0 Å². The number of nitrogens with zero attached hydrogens (tertiary/aromatic N) is 4. The molecule has 0 spiro atoms. The maximum atomic E-state index is 13.2. The first kappa shape index (κ1) is 14.9. The van der Waals surface area contributed by atoms with Crippen LogP contribution in [0.15, 0.2) is 18.6 Å². The second kappa shape index (κ2) is 5.46. The van der Waals surface area contributed by atoms with E-state index >= 15 is 0 Å². The SMILES string of the molecule is CC1CN(C(=O)C2(C)CC3CCC2C3)CCN1c1cnccn1. The molecule has 5 heteroatoms. The van der Waals surface area contributed by atoms with Gasteiger partial charge in [0.05, 0.1) is 6.20 Å². The molecular weight excluding hydrogens is 288 g/mol. The summed E-state index contributed by atoms with van der Waals surface area (Å²) in [7, 11) is 0. The third-order valence-corrected chi connectivity index (χ3v) is 6.40. The fraction of sp³-hybridized carbons (Fsp3) is 0.722. The van der Waals surface area contributed by atoms with Gasteiger partial charge in [-0.05, 0) is 38.0 Å². The minimum Gasteiger partial charge on any atom is -0.349 e. The second-order valence-corrected chi connectivity index (χ2v) is 7.85. The number of carbonyl (C=O) groups is 1. The van der Waals surface area contributed by atoms with Crippen LogP contribution < -0.4 is 4.90 Å². The fourth-order valence-corrected chi connectivity index (χ4v) is 5.15. The standard InChI is InChI=1S/C18H26N4O/c1-13-12-21(7-8-22(13)16-11-19-5-6-20-16)17(23)18(2)10-14-3-4-15(18)9-14/h5-6,11,13-15H,3-4,7-10,12H2,1-2H3. The molecule has 3 aliphatic rings. The van der Waals surface area contributed by atoms with Crippen LogP contribution in [0.2, 0.25) is 0 Å². The van der Waals surface area contributed by atoms with E-state index in [4.69, 9.17) is 0 Å². The summed E-state index contributed by atoms with van der Waals surface area (Å²) in [4.78, 5) is 26.1. The Morgan fingerprint density at radius 1 is 1.30 bits per heavy atom. The fourth-order valence-electron chi connectivity index (χ4n) is 5.15. The van der Waals surface area contributed by atoms with Gasteiger partial charge >= 0.3 is 0 Å². The quantitative estimate of drug-likeness (QED) is 0.841. The zero-order valence-corrected chi connectivity index (χ0v) is 14.1. The van der Waals surface area contributed by atoms with Gasteiger partial charge in [-0.1, -0.05) is 13.3 Å². The highest BCUT2D eigenvalue weighted by Gasteiger charge is 2.53. The molecule has 1 amide bonds. The van der Waals surface area contributed by atoms with E-state index in [1.165, 1.54) is 19.3 Å². The predicted molar refractivity (Wildman–Crippen MR) is 89.0 cm³/mol. The summed E-state index contributed by atoms with van der Waals surface area (Å²) in [6.07, 6.45) is 10.2. The molecule has 1 aromatic heterocycles. The number of fused-ring (bicyclic) bond motifs is 2. The van der Waals surface area contributed by atoms with Crippen molar-refractivity contribution in [1.82, 2.24) is 14.9 Å². The zero-order valence-electron chi connectivity index (χ0n) is 14.1. The van der Waals surface area contributed by atoms with Crippen LogP contribution in [0.3, 0.4) is 0 Å². The first-order valence-corrected chi connectivity index (χ1v) is 8.90. The van der Waals surface area contributed by atoms with E-state index in [2.05, 4.69) is 33.6 Å². The molecule has 2 heterocycles. The van der Waals surface area contributed by atoms with Crippen molar-refractivity contribution in [2.75, 3.05) is 24.5 Å². The Kier molecular flexibility index (Phi) is 3.54. The van der Waals surface area contributed by atoms with E-state index in [1.54, 1.807) is 12.4 Å². The van der Waals surface area contributed by atoms with Crippen LogP contribution in [-0.4, -0.2) is 46.5 Å². The summed E-state index contributed by atoms with van der Waals surface area (Å²) in [5.74, 6) is 2.73. The molecule has 3 fully saturated rings. The normalized spacial score (nSPS) is 36.5. The van der Waals surface area contributed by atoms with Crippen molar-refractivity contribution in [3.8, 4) is 0 Å². The van der Waals surface area contributed by atoms with Crippen molar-refractivity contribution in [1.29, 1.82) is 0 Å². The lowest BCUT2D eigenvalue weighted by atomic mass is 9.73. The molecule has 4 rings (SSSR count). The molecule has 23 heavy (non-hydrogen) atoms. The van der Waals surface area contributed by atoms with Crippen LogP contribution in [-0.2, 0) is 4.79 Å². The molecule has 4 unspecified atom stereocenters. The smallest absolute Gasteiger partial charge is 0.228 e. The predicted octanol–water partition coefficient (Wildman–Crippen LogP) is 2.34. The van der Waals surface area contributed by atoms with E-state index < -0.39 is 0 Å². The first-order valence-electron chi connectivity index (χ1n) is 8.90. The molecule has 1 aromatic rings. The molecule has 1 saturated heterocycles. The van der Waals surface area contributed by atoms with E-state index in [9.17, 15) is 4.79 Å². The summed E-state index contributed by atoms with van der Waals surface area (Å²) < 4.78 is 0. The molecule has 4 atom stereocenters. The molecule has 2 saturated carbocycles. The Hall–Kier alpha value is -1.65. The summed E-state index contributed by atoms with van der Waals surface area (Å²) in [6.45, 7) is 6.83. The lowest BCUT2D eigenvalue weighted by molar-refractivity contribution is -0.145. The minimum atomic E-state index is -0.0998. The van der Waals surface area contributed by atoms with Crippen molar-refractivity contribution < 1.29 is 4.79 Å². The van der Waals surface area contributed by atoms with Crippen molar-refractivity contribution in [2.45, 2.75) is 45.6 Å². The number of carbonyl (C=O) groups excluding carboxylic acids is 1. The molecule has 0 aromatic carbocycles. The molecule has 5 nitrogen and oxygen atoms in total. The van der Waals surface area contributed by atoms with Gasteiger partial charge < -0.3 is 9.80 Å². The van der Waals surface area contributed by atoms with Gasteiger partial charge in [-0.25, -0.2) is 4.98 Å². The highest BCUT2D eigenvalue weighted by molar-refractivity contribution is 5.83. The van der Waals surface area contributed by atoms with Crippen molar-refractivity contribution in [3.05, 3.63) is 18.6 Å². The van der Waals surface area contributed by atoms with Crippen LogP contribution in [0, 0.1) is 17.3 Å². The van der Waals surface area contributed by atoms with Crippen molar-refractivity contribution in [2.24, 2.45) is 17.3 Å². The molecule has 2 bridgehead atoms. The number of amides is 1. The summed E-state index contributed by atoms with van der Waals surface area (Å²) in [5.41, 5.74) is -0.0998.